The highest BCUT2D eigenvalue weighted by Gasteiger charge is 2.05. The first-order valence-electron chi connectivity index (χ1n) is 5.40. The number of aromatic nitrogens is 5. The zero-order valence-electron chi connectivity index (χ0n) is 9.34. The van der Waals surface area contributed by atoms with Gasteiger partial charge in [-0.1, -0.05) is 6.07 Å². The van der Waals surface area contributed by atoms with Gasteiger partial charge in [0, 0.05) is 6.20 Å². The summed E-state index contributed by atoms with van der Waals surface area (Å²) in [6, 6.07) is 5.63. The van der Waals surface area contributed by atoms with Crippen LogP contribution in [0.1, 0.15) is 5.69 Å². The number of hydrogen-bond donors (Lipinski definition) is 3. The normalized spacial score (nSPS) is 10.7. The van der Waals surface area contributed by atoms with Crippen molar-refractivity contribution in [3.63, 3.8) is 0 Å². The molecule has 3 rings (SSSR count). The van der Waals surface area contributed by atoms with Crippen molar-refractivity contribution in [2.24, 2.45) is 0 Å². The lowest BCUT2D eigenvalue weighted by Gasteiger charge is -2.03. The second-order valence-electron chi connectivity index (χ2n) is 3.69. The third-order valence-corrected chi connectivity index (χ3v) is 2.46. The van der Waals surface area contributed by atoms with Crippen molar-refractivity contribution in [2.45, 2.75) is 6.54 Å². The van der Waals surface area contributed by atoms with Gasteiger partial charge in [-0.3, -0.25) is 14.8 Å². The van der Waals surface area contributed by atoms with Crippen LogP contribution in [-0.4, -0.2) is 24.9 Å². The fourth-order valence-electron chi connectivity index (χ4n) is 1.60. The number of anilines is 1. The average Bonchev–Trinajstić information content (AvgIpc) is 2.86. The minimum absolute atomic E-state index is 0.249. The molecule has 0 spiro atoms. The first kappa shape index (κ1) is 10.5. The van der Waals surface area contributed by atoms with Crippen LogP contribution in [-0.2, 0) is 6.54 Å². The first-order chi connectivity index (χ1) is 8.83. The van der Waals surface area contributed by atoms with Crippen LogP contribution in [0.15, 0.2) is 35.5 Å². The number of imidazole rings is 1. The monoisotopic (exact) mass is 242 g/mol. The van der Waals surface area contributed by atoms with Gasteiger partial charge in [0.2, 0.25) is 5.95 Å². The van der Waals surface area contributed by atoms with E-state index < -0.39 is 0 Å². The topological polar surface area (TPSA) is 99.3 Å². The molecule has 0 bridgehead atoms. The van der Waals surface area contributed by atoms with Gasteiger partial charge >= 0.3 is 0 Å². The summed E-state index contributed by atoms with van der Waals surface area (Å²) in [5, 5.41) is 3.00. The number of nitrogens with zero attached hydrogens (tertiary/aromatic N) is 3. The molecule has 0 fully saturated rings. The Balaban J connectivity index is 1.85. The molecule has 3 aromatic heterocycles. The molecule has 0 amide bonds. The summed E-state index contributed by atoms with van der Waals surface area (Å²) in [6.45, 7) is 0.486. The van der Waals surface area contributed by atoms with Crippen molar-refractivity contribution in [1.82, 2.24) is 24.9 Å². The average molecular weight is 242 g/mol. The Kier molecular flexibility index (Phi) is 2.49. The van der Waals surface area contributed by atoms with E-state index in [-0.39, 0.29) is 5.56 Å². The van der Waals surface area contributed by atoms with Crippen molar-refractivity contribution in [3.8, 4) is 0 Å². The number of aromatic amines is 2. The second-order valence-corrected chi connectivity index (χ2v) is 3.69. The van der Waals surface area contributed by atoms with Crippen LogP contribution in [0.4, 0.5) is 5.95 Å². The summed E-state index contributed by atoms with van der Waals surface area (Å²) in [4.78, 5) is 29.3. The van der Waals surface area contributed by atoms with Crippen molar-refractivity contribution in [1.29, 1.82) is 0 Å². The molecule has 3 heterocycles. The Hall–Kier alpha value is -2.70. The molecule has 3 N–H and O–H groups in total. The van der Waals surface area contributed by atoms with Crippen LogP contribution < -0.4 is 10.9 Å². The fourth-order valence-corrected chi connectivity index (χ4v) is 1.60. The summed E-state index contributed by atoms with van der Waals surface area (Å²) in [5.41, 5.74) is 1.38. The number of nitrogens with one attached hydrogen (secondary N) is 3. The van der Waals surface area contributed by atoms with Gasteiger partial charge in [0.05, 0.1) is 18.6 Å². The molecular formula is C11H10N6O. The number of fused-ring (bicyclic) bond motifs is 1. The molecule has 0 atom stereocenters. The smallest absolute Gasteiger partial charge is 0.278 e. The molecule has 0 radical (unpaired) electrons. The molecule has 7 nitrogen and oxygen atoms in total. The standard InChI is InChI=1S/C11H10N6O/c18-10-8-9(15-6-14-8)16-11(17-10)13-5-7-3-1-2-4-12-7/h1-4,6H,5H2,(H3,13,14,15,16,17,18). The summed E-state index contributed by atoms with van der Waals surface area (Å²) in [5.74, 6) is 0.380. The van der Waals surface area contributed by atoms with E-state index in [1.54, 1.807) is 6.20 Å². The van der Waals surface area contributed by atoms with E-state index in [2.05, 4.69) is 30.2 Å². The molecule has 7 heteroatoms. The third-order valence-electron chi connectivity index (χ3n) is 2.46. The zero-order valence-corrected chi connectivity index (χ0v) is 9.34. The molecule has 0 saturated heterocycles. The molecule has 0 aliphatic rings. The van der Waals surface area contributed by atoms with Gasteiger partial charge in [-0.25, -0.2) is 4.98 Å². The number of hydrogen-bond acceptors (Lipinski definition) is 5. The van der Waals surface area contributed by atoms with Crippen LogP contribution in [0, 0.1) is 0 Å². The van der Waals surface area contributed by atoms with Crippen molar-refractivity contribution in [3.05, 3.63) is 46.8 Å². The van der Waals surface area contributed by atoms with Gasteiger partial charge in [0.15, 0.2) is 11.2 Å². The first-order valence-corrected chi connectivity index (χ1v) is 5.40. The van der Waals surface area contributed by atoms with E-state index in [9.17, 15) is 4.79 Å². The maximum Gasteiger partial charge on any atom is 0.278 e. The highest BCUT2D eigenvalue weighted by molar-refractivity contribution is 5.69. The SMILES string of the molecule is O=c1[nH]c(NCc2ccccn2)nc2nc[nH]c12. The van der Waals surface area contributed by atoms with Crippen LogP contribution in [0.5, 0.6) is 0 Å². The largest absolute Gasteiger partial charge is 0.350 e. The molecule has 90 valence electrons. The van der Waals surface area contributed by atoms with Crippen LogP contribution in [0.3, 0.4) is 0 Å². The van der Waals surface area contributed by atoms with Gasteiger partial charge in [0.1, 0.15) is 0 Å². The lowest BCUT2D eigenvalue weighted by atomic mass is 10.3. The minimum atomic E-state index is -0.249. The van der Waals surface area contributed by atoms with E-state index in [0.717, 1.165) is 5.69 Å². The van der Waals surface area contributed by atoms with Crippen LogP contribution in [0.2, 0.25) is 0 Å². The Bertz CT molecular complexity index is 717. The molecule has 0 unspecified atom stereocenters. The zero-order chi connectivity index (χ0) is 12.4. The molecule has 3 aromatic rings. The predicted molar refractivity (Wildman–Crippen MR) is 66.1 cm³/mol. The number of rotatable bonds is 3. The number of pyridine rings is 1. The van der Waals surface area contributed by atoms with E-state index in [4.69, 9.17) is 0 Å². The lowest BCUT2D eigenvalue weighted by Crippen LogP contribution is -2.13. The van der Waals surface area contributed by atoms with Gasteiger partial charge in [0.25, 0.3) is 5.56 Å². The van der Waals surface area contributed by atoms with Crippen molar-refractivity contribution < 1.29 is 0 Å². The highest BCUT2D eigenvalue weighted by Crippen LogP contribution is 2.04. The molecule has 0 aromatic carbocycles. The van der Waals surface area contributed by atoms with Gasteiger partial charge in [-0.2, -0.15) is 4.98 Å². The lowest BCUT2D eigenvalue weighted by molar-refractivity contribution is 1.00. The van der Waals surface area contributed by atoms with Crippen molar-refractivity contribution >= 4 is 17.1 Å². The highest BCUT2D eigenvalue weighted by atomic mass is 16.1. The van der Waals surface area contributed by atoms with Gasteiger partial charge in [-0.15, -0.1) is 0 Å². The Morgan fingerprint density at radius 1 is 1.28 bits per heavy atom. The van der Waals surface area contributed by atoms with Gasteiger partial charge < -0.3 is 10.3 Å². The summed E-state index contributed by atoms with van der Waals surface area (Å²) in [7, 11) is 0. The van der Waals surface area contributed by atoms with E-state index in [1.807, 2.05) is 18.2 Å². The van der Waals surface area contributed by atoms with E-state index in [1.165, 1.54) is 6.33 Å². The summed E-state index contributed by atoms with van der Waals surface area (Å²) in [6.07, 6.45) is 3.15. The van der Waals surface area contributed by atoms with Crippen molar-refractivity contribution in [2.75, 3.05) is 5.32 Å². The molecule has 18 heavy (non-hydrogen) atoms. The maximum atomic E-state index is 11.6. The summed E-state index contributed by atoms with van der Waals surface area (Å²) < 4.78 is 0. The Labute approximate surface area is 101 Å². The fraction of sp³-hybridized carbons (Fsp3) is 0.0909. The maximum absolute atomic E-state index is 11.6. The van der Waals surface area contributed by atoms with Gasteiger partial charge in [-0.05, 0) is 12.1 Å². The van der Waals surface area contributed by atoms with E-state index >= 15 is 0 Å². The summed E-state index contributed by atoms with van der Waals surface area (Å²) >= 11 is 0. The second kappa shape index (κ2) is 4.28. The molecule has 0 aliphatic carbocycles. The predicted octanol–water partition coefficient (Wildman–Crippen LogP) is 0.653. The van der Waals surface area contributed by atoms with Crippen LogP contribution >= 0.6 is 0 Å². The quantitative estimate of drug-likeness (QED) is 0.626. The molecule has 0 saturated carbocycles. The van der Waals surface area contributed by atoms with E-state index in [0.29, 0.717) is 23.7 Å². The minimum Gasteiger partial charge on any atom is -0.350 e. The Morgan fingerprint density at radius 3 is 3.06 bits per heavy atom. The third kappa shape index (κ3) is 1.93. The van der Waals surface area contributed by atoms with Crippen LogP contribution in [0.25, 0.3) is 11.2 Å². The Morgan fingerprint density at radius 2 is 2.22 bits per heavy atom. The number of H-pyrrole nitrogens is 2. The molecular weight excluding hydrogens is 232 g/mol. The molecule has 0 aliphatic heterocycles.